The lowest BCUT2D eigenvalue weighted by atomic mass is 10.0. The van der Waals surface area contributed by atoms with Gasteiger partial charge in [-0.3, -0.25) is 38.4 Å². The number of thioether (sulfide) groups is 1. The molecular weight excluding hydrogens is 1810 g/mol. The van der Waals surface area contributed by atoms with Gasteiger partial charge in [-0.15, -0.1) is 0 Å². The molecule has 139 heavy (non-hydrogen) atoms. The molecule has 0 aromatic carbocycles. The molecule has 12 aliphatic rings. The van der Waals surface area contributed by atoms with Gasteiger partial charge in [-0.1, -0.05) is 13.8 Å². The fourth-order valence-electron chi connectivity index (χ4n) is 17.1. The number of rotatable bonds is 29. The van der Waals surface area contributed by atoms with Crippen LogP contribution in [0.3, 0.4) is 0 Å². The predicted octanol–water partition coefficient (Wildman–Crippen LogP) is 10.3. The van der Waals surface area contributed by atoms with Crippen molar-refractivity contribution < 1.29 is 116 Å². The fraction of sp³-hybridized carbons (Fsp3) is 0.903. The van der Waals surface area contributed by atoms with E-state index in [0.29, 0.717) is 103 Å². The lowest BCUT2D eigenvalue weighted by Gasteiger charge is -2.35. The maximum Gasteiger partial charge on any atom is 0.254 e. The largest absolute Gasteiger partial charge is 0.396 e. The van der Waals surface area contributed by atoms with E-state index in [-0.39, 0.29) is 177 Å². The summed E-state index contributed by atoms with van der Waals surface area (Å²) in [5.74, 6) is 2.18. The highest BCUT2D eigenvalue weighted by molar-refractivity contribution is 7.99. The van der Waals surface area contributed by atoms with Crippen molar-refractivity contribution in [3.05, 3.63) is 0 Å². The van der Waals surface area contributed by atoms with E-state index in [1.807, 2.05) is 153 Å². The first-order chi connectivity index (χ1) is 65.5. The van der Waals surface area contributed by atoms with Crippen molar-refractivity contribution >= 4 is 59.0 Å². The van der Waals surface area contributed by atoms with Crippen LogP contribution in [0.25, 0.3) is 0 Å². The Morgan fingerprint density at radius 1 is 0.388 bits per heavy atom. The highest BCUT2D eigenvalue weighted by Gasteiger charge is 2.51. The molecule has 0 unspecified atom stereocenters. The summed E-state index contributed by atoms with van der Waals surface area (Å²) < 4.78 is 61.5. The van der Waals surface area contributed by atoms with Crippen LogP contribution in [0.2, 0.25) is 0 Å². The first kappa shape index (κ1) is 129. The van der Waals surface area contributed by atoms with Crippen molar-refractivity contribution in [1.82, 2.24) is 44.5 Å². The molecule has 0 radical (unpaired) electrons. The first-order valence-electron chi connectivity index (χ1n) is 52.3. The van der Waals surface area contributed by atoms with E-state index in [4.69, 9.17) is 77.9 Å². The normalized spacial score (nSPS) is 22.6. The summed E-state index contributed by atoms with van der Waals surface area (Å²) >= 11 is 2.05. The maximum atomic E-state index is 11.8. The van der Waals surface area contributed by atoms with E-state index >= 15 is 0 Å². The Morgan fingerprint density at radius 3 is 0.957 bits per heavy atom. The number of carbonyl (C=O) groups excluding carboxylic acids is 8. The summed E-state index contributed by atoms with van der Waals surface area (Å²) in [6.07, 6.45) is 18.4. The Balaban J connectivity index is 0.000000523. The third-order valence-corrected chi connectivity index (χ3v) is 24.6. The summed E-state index contributed by atoms with van der Waals surface area (Å²) in [4.78, 5) is 106. The minimum atomic E-state index is -1.26. The topological polar surface area (TPSA) is 425 Å². The van der Waals surface area contributed by atoms with Crippen molar-refractivity contribution in [3.63, 3.8) is 0 Å². The van der Waals surface area contributed by atoms with Crippen molar-refractivity contribution in [3.8, 4) is 12.1 Å². The van der Waals surface area contributed by atoms with Crippen LogP contribution in [0.5, 0.6) is 0 Å². The molecule has 1 aliphatic carbocycles. The average Bonchev–Trinajstić information content (AvgIpc) is 1.63. The quantitative estimate of drug-likeness (QED) is 0.0405. The van der Waals surface area contributed by atoms with Gasteiger partial charge in [-0.05, 0) is 287 Å². The van der Waals surface area contributed by atoms with Gasteiger partial charge in [0, 0.05) is 118 Å². The van der Waals surface area contributed by atoms with Crippen LogP contribution in [-0.4, -0.2) is 407 Å². The first-order valence-corrected chi connectivity index (χ1v) is 53.5. The molecule has 11 heterocycles. The van der Waals surface area contributed by atoms with Crippen LogP contribution >= 0.6 is 11.8 Å². The number of nitrogens with zero attached hydrogens (tertiary/aromatic N) is 10. The van der Waals surface area contributed by atoms with Crippen LogP contribution in [0.4, 0.5) is 0 Å². The lowest BCUT2D eigenvalue weighted by molar-refractivity contribution is -0.151. The Kier molecular flexibility index (Phi) is 65.4. The second kappa shape index (κ2) is 70.3. The van der Waals surface area contributed by atoms with E-state index in [9.17, 15) is 48.6 Å². The molecule has 11 saturated heterocycles. The number of hydrogen-bond acceptors (Lipinski definition) is 28. The fourth-order valence-corrected chi connectivity index (χ4v) is 18.1. The van der Waals surface area contributed by atoms with E-state index in [2.05, 4.69) is 33.0 Å². The predicted molar refractivity (Wildman–Crippen MR) is 539 cm³/mol. The zero-order valence-corrected chi connectivity index (χ0v) is 91.2. The number of amides is 8. The van der Waals surface area contributed by atoms with Crippen LogP contribution in [0, 0.1) is 28.6 Å². The number of aliphatic hydroxyl groups excluding tert-OH is 3. The Labute approximate surface area is 840 Å². The molecule has 12 fully saturated rings. The van der Waals surface area contributed by atoms with E-state index in [1.165, 1.54) is 58.5 Å². The van der Waals surface area contributed by atoms with E-state index in [0.717, 1.165) is 136 Å². The van der Waals surface area contributed by atoms with Crippen molar-refractivity contribution in [2.24, 2.45) is 5.92 Å². The molecular formula is C103H191N11O24S. The number of hydrogen-bond donors (Lipinski definition) is 6. The Bertz CT molecular complexity index is 3360. The SMILES string of the molecule is CC.CC(C)OC1CCN(C(=O)C(C)(C)O)CC1.CC(C)OC1CCN(C(=O)C2(O)CC2)CC1.CC(C)OC1CCN(C(=O)CC#N)CC1.CC(C)OC1CCSCC1.CC(C)O[C@H]1CCN(C(=O)C2COC2)C1.CC(C)O[C@H]1CCN(C(=O)CC#N)C1.CC(C)O[C@H]1CCN(C(=O)CCO)C1.CC(C)O[C@H]1CCN(C(=O)[C@@H](C)O)C1.CC(C)O[C@H]1CCN(C(=O)[C@H](C)O)C1.CC(C)O[C@H]1CCNC1. The highest BCUT2D eigenvalue weighted by Crippen LogP contribution is 2.38. The summed E-state index contributed by atoms with van der Waals surface area (Å²) in [6.45, 7) is 65.1. The van der Waals surface area contributed by atoms with Crippen molar-refractivity contribution in [2.75, 3.05) is 149 Å². The Morgan fingerprint density at radius 2 is 0.662 bits per heavy atom. The molecule has 0 aromatic rings. The van der Waals surface area contributed by atoms with Gasteiger partial charge in [0.1, 0.15) is 36.3 Å². The molecule has 0 aromatic heterocycles. The number of aliphatic hydroxyl groups is 5. The molecule has 1 saturated carbocycles. The molecule has 6 N–H and O–H groups in total. The lowest BCUT2D eigenvalue weighted by Crippen LogP contribution is -2.49. The standard InChI is InChI=1S/C12H21NO3.C12H23NO3.C11H18N2O2.C11H19NO3.C10H16N2O2.3C10H19NO3.C8H16OS.C7H15NO.C2H6/c1-9(2)16-10-3-7-13(8-4-10)11(14)12(15)5-6-12;1-9(2)16-10-5-7-13(8-6-10)11(14)12(3,4)15;1-9(2)15-10-4-7-13(8-5-10)11(14)3-6-12;1-8(2)15-10-3-4-12(5-10)11(13)9-6-14-7-9;1-8(2)14-9-4-6-12(7-9)10(13)3-5-11;2*1-7(2)14-9-4-5-11(6-9)10(13)8(3)12;1-8(2)14-9-3-5-11(7-9)10(13)4-6-12;1-7(2)9-8-3-5-10-6-4-8;1-6(2)9-7-3-4-8-5-7;1-2/h9-10,15H,3-8H2,1-2H3;9-10,15H,5-8H2,1-4H3;9-10H,3-5,7-8H2,1-2H3;8-10H,3-7H2,1-2H3;8-9H,3-4,6-7H2,1-2H3;2*7-9,12H,4-6H2,1-3H3;8-9,12H,3-7H2,1-2H3;7-8H,3-6H2,1-2H3;6-8H,3-5H2,1-2H3;1-2H3/t;;;10-;9-;8-,9+;8-,9-;9-;;7-;/m...00100.0./s1. The molecule has 8 amide bonds. The van der Waals surface area contributed by atoms with Crippen LogP contribution in [0.15, 0.2) is 0 Å². The minimum absolute atomic E-state index is 0.00426. The Hall–Kier alpha value is -5.59. The molecule has 0 spiro atoms. The monoisotopic (exact) mass is 2000 g/mol. The third-order valence-electron chi connectivity index (χ3n) is 23.6. The van der Waals surface area contributed by atoms with Crippen molar-refractivity contribution in [1.29, 1.82) is 10.5 Å². The number of likely N-dealkylation sites (tertiary alicyclic amines) is 8. The second-order valence-corrected chi connectivity index (χ2v) is 42.0. The summed E-state index contributed by atoms with van der Waals surface area (Å²) in [7, 11) is 0. The summed E-state index contributed by atoms with van der Waals surface area (Å²) in [6, 6.07) is 3.75. The molecule has 35 nitrogen and oxygen atoms in total. The summed E-state index contributed by atoms with van der Waals surface area (Å²) in [5.41, 5.74) is -2.27. The van der Waals surface area contributed by atoms with Gasteiger partial charge in [0.05, 0.1) is 160 Å². The van der Waals surface area contributed by atoms with Gasteiger partial charge < -0.3 is 122 Å². The molecule has 8 atom stereocenters. The number of piperidine rings is 3. The highest BCUT2D eigenvalue weighted by atomic mass is 32.2. The van der Waals surface area contributed by atoms with Gasteiger partial charge in [-0.2, -0.15) is 22.3 Å². The zero-order valence-electron chi connectivity index (χ0n) is 90.4. The minimum Gasteiger partial charge on any atom is -0.396 e. The number of nitrogens with one attached hydrogen (secondary N) is 1. The van der Waals surface area contributed by atoms with Gasteiger partial charge in [-0.25, -0.2) is 0 Å². The van der Waals surface area contributed by atoms with Crippen molar-refractivity contribution in [2.45, 2.75) is 448 Å². The third kappa shape index (κ3) is 56.1. The van der Waals surface area contributed by atoms with E-state index in [1.54, 1.807) is 34.3 Å². The number of carbonyl (C=O) groups is 8. The maximum absolute atomic E-state index is 11.8. The molecule has 12 rings (SSSR count). The summed E-state index contributed by atoms with van der Waals surface area (Å²) in [5, 5.41) is 66.3. The second-order valence-electron chi connectivity index (χ2n) is 40.7. The smallest absolute Gasteiger partial charge is 0.254 e. The van der Waals surface area contributed by atoms with Gasteiger partial charge in [0.25, 0.3) is 23.6 Å². The molecule has 0 bridgehead atoms. The van der Waals surface area contributed by atoms with Crippen LogP contribution < -0.4 is 5.32 Å². The van der Waals surface area contributed by atoms with Gasteiger partial charge >= 0.3 is 0 Å². The molecule has 11 aliphatic heterocycles. The average molecular weight is 2000 g/mol. The van der Waals surface area contributed by atoms with Gasteiger partial charge in [0.2, 0.25) is 23.6 Å². The molecule has 36 heteroatoms. The van der Waals surface area contributed by atoms with Gasteiger partial charge in [0.15, 0.2) is 0 Å². The van der Waals surface area contributed by atoms with E-state index < -0.39 is 23.4 Å². The zero-order chi connectivity index (χ0) is 105. The number of ether oxygens (including phenoxy) is 11. The number of nitriles is 2. The van der Waals surface area contributed by atoms with Crippen LogP contribution in [0.1, 0.15) is 302 Å². The molecule has 808 valence electrons. The van der Waals surface area contributed by atoms with Crippen LogP contribution in [-0.2, 0) is 90.5 Å².